The number of hydrogen-bond donors (Lipinski definition) is 3. The fourth-order valence-electron chi connectivity index (χ4n) is 3.00. The fraction of sp³-hybridized carbons (Fsp3) is 0.636. The number of nitrogen functional groups attached to an aromatic ring is 1. The molecule has 1 aliphatic carbocycles. The molecule has 6 nitrogen and oxygen atoms in total. The van der Waals surface area contributed by atoms with Gasteiger partial charge in [0.1, 0.15) is 11.8 Å². The van der Waals surface area contributed by atoms with E-state index in [9.17, 15) is 14.6 Å². The second-order valence-corrected chi connectivity index (χ2v) is 5.48. The number of rotatable bonds is 2. The number of hydrogen-bond acceptors (Lipinski definition) is 6. The molecule has 0 amide bonds. The topological polar surface area (TPSA) is 93.5 Å². The normalized spacial score (nSPS) is 40.2. The van der Waals surface area contributed by atoms with Gasteiger partial charge in [0.25, 0.3) is 0 Å². The third-order valence-electron chi connectivity index (χ3n) is 4.11. The van der Waals surface area contributed by atoms with E-state index in [1.165, 1.54) is 4.57 Å². The minimum atomic E-state index is -0.948. The minimum absolute atomic E-state index is 0.111. The van der Waals surface area contributed by atoms with E-state index in [4.69, 9.17) is 22.7 Å². The van der Waals surface area contributed by atoms with Crippen molar-refractivity contribution in [3.05, 3.63) is 16.8 Å². The molecule has 5 atom stereocenters. The molecule has 2 fully saturated rings. The summed E-state index contributed by atoms with van der Waals surface area (Å²) in [6.07, 6.45) is -0.103. The molecule has 3 unspecified atom stereocenters. The Morgan fingerprint density at radius 3 is 2.95 bits per heavy atom. The zero-order chi connectivity index (χ0) is 13.9. The molecule has 19 heavy (non-hydrogen) atoms. The van der Waals surface area contributed by atoms with Gasteiger partial charge in [-0.2, -0.15) is 4.98 Å². The first-order chi connectivity index (χ1) is 8.92. The van der Waals surface area contributed by atoms with Crippen LogP contribution in [0.3, 0.4) is 0 Å². The number of ether oxygens (including phenoxy) is 1. The Bertz CT molecular complexity index is 595. The van der Waals surface area contributed by atoms with E-state index in [1.807, 2.05) is 6.92 Å². The first kappa shape index (κ1) is 12.9. The Morgan fingerprint density at radius 2 is 2.37 bits per heavy atom. The van der Waals surface area contributed by atoms with Crippen LogP contribution in [0, 0.1) is 22.4 Å². The average molecular weight is 287 g/mol. The molecule has 8 heteroatoms. The maximum absolute atomic E-state index is 13.5. The number of aliphatic hydroxyl groups excluding tert-OH is 2. The smallest absolute Gasteiger partial charge is 0.203 e. The van der Waals surface area contributed by atoms with Gasteiger partial charge < -0.3 is 20.7 Å². The lowest BCUT2D eigenvalue weighted by Gasteiger charge is -2.24. The van der Waals surface area contributed by atoms with E-state index in [0.717, 1.165) is 6.20 Å². The molecule has 1 aromatic rings. The first-order valence-electron chi connectivity index (χ1n) is 5.93. The van der Waals surface area contributed by atoms with Crippen molar-refractivity contribution in [2.45, 2.75) is 24.9 Å². The van der Waals surface area contributed by atoms with Crippen LogP contribution in [0.2, 0.25) is 0 Å². The van der Waals surface area contributed by atoms with Crippen LogP contribution < -0.4 is 5.73 Å². The van der Waals surface area contributed by atoms with Crippen LogP contribution >= 0.6 is 12.2 Å². The van der Waals surface area contributed by atoms with Crippen LogP contribution in [0.15, 0.2) is 6.20 Å². The molecule has 0 bridgehead atoms. The zero-order valence-corrected chi connectivity index (χ0v) is 11.0. The Hall–Kier alpha value is -1.09. The van der Waals surface area contributed by atoms with Gasteiger partial charge in [-0.15, -0.1) is 0 Å². The lowest BCUT2D eigenvalue weighted by molar-refractivity contribution is -0.0995. The van der Waals surface area contributed by atoms with Gasteiger partial charge in [0.05, 0.1) is 12.7 Å². The van der Waals surface area contributed by atoms with Gasteiger partial charge in [-0.25, -0.2) is 4.39 Å². The number of nitrogens with two attached hydrogens (primary N) is 1. The molecule has 1 aromatic heterocycles. The highest BCUT2D eigenvalue weighted by molar-refractivity contribution is 7.71. The lowest BCUT2D eigenvalue weighted by Crippen LogP contribution is -2.28. The highest BCUT2D eigenvalue weighted by Gasteiger charge is 2.74. The van der Waals surface area contributed by atoms with Gasteiger partial charge in [0.2, 0.25) is 4.77 Å². The highest BCUT2D eigenvalue weighted by atomic mass is 32.1. The SMILES string of the molecule is CC1C2[C@@H](O)C2(CO)O[C@H]1n1cc(F)c(N)nc1=S. The molecule has 0 spiro atoms. The second-order valence-electron chi connectivity index (χ2n) is 5.12. The van der Waals surface area contributed by atoms with Gasteiger partial charge >= 0.3 is 0 Å². The maximum Gasteiger partial charge on any atom is 0.203 e. The molecule has 0 radical (unpaired) electrons. The summed E-state index contributed by atoms with van der Waals surface area (Å²) < 4.78 is 20.7. The van der Waals surface area contributed by atoms with Crippen LogP contribution in [-0.4, -0.2) is 38.1 Å². The van der Waals surface area contributed by atoms with E-state index in [1.54, 1.807) is 0 Å². The van der Waals surface area contributed by atoms with Crippen LogP contribution in [0.1, 0.15) is 13.2 Å². The monoisotopic (exact) mass is 287 g/mol. The number of halogens is 1. The molecule has 2 aliphatic rings. The standard InChI is InChI=1S/C11H14FN3O3S/c1-4-6-7(17)11(6,3-16)18-9(4)15-2-5(12)8(13)14-10(15)19/h2,4,6-7,9,16-17H,3H2,1H3,(H2,13,14,19)/t4?,6?,7-,9-,11?/m1/s1. The molecule has 1 aliphatic heterocycles. The summed E-state index contributed by atoms with van der Waals surface area (Å²) in [4.78, 5) is 3.74. The molecular weight excluding hydrogens is 273 g/mol. The van der Waals surface area contributed by atoms with Crippen molar-refractivity contribution in [1.29, 1.82) is 0 Å². The molecule has 1 saturated heterocycles. The van der Waals surface area contributed by atoms with Crippen molar-refractivity contribution in [3.63, 3.8) is 0 Å². The lowest BCUT2D eigenvalue weighted by atomic mass is 10.0. The van der Waals surface area contributed by atoms with E-state index >= 15 is 0 Å². The predicted molar refractivity (Wildman–Crippen MR) is 66.0 cm³/mol. The van der Waals surface area contributed by atoms with Crippen molar-refractivity contribution in [3.8, 4) is 0 Å². The Balaban J connectivity index is 1.98. The number of aromatic nitrogens is 2. The van der Waals surface area contributed by atoms with E-state index < -0.39 is 23.8 Å². The third kappa shape index (κ3) is 1.57. The molecule has 104 valence electrons. The molecule has 2 heterocycles. The Morgan fingerprint density at radius 1 is 1.68 bits per heavy atom. The molecule has 0 aromatic carbocycles. The predicted octanol–water partition coefficient (Wildman–Crippen LogP) is 0.221. The van der Waals surface area contributed by atoms with Crippen molar-refractivity contribution in [1.82, 2.24) is 9.55 Å². The van der Waals surface area contributed by atoms with Crippen molar-refractivity contribution in [2.24, 2.45) is 11.8 Å². The number of fused-ring (bicyclic) bond motifs is 1. The third-order valence-corrected chi connectivity index (χ3v) is 4.41. The van der Waals surface area contributed by atoms with Crippen LogP contribution in [-0.2, 0) is 4.74 Å². The number of aliphatic hydroxyl groups is 2. The Kier molecular flexibility index (Phi) is 2.69. The highest BCUT2D eigenvalue weighted by Crippen LogP contribution is 2.61. The summed E-state index contributed by atoms with van der Waals surface area (Å²) >= 11 is 5.04. The first-order valence-corrected chi connectivity index (χ1v) is 6.34. The zero-order valence-electron chi connectivity index (χ0n) is 10.2. The van der Waals surface area contributed by atoms with Crippen molar-refractivity contribution < 1.29 is 19.3 Å². The minimum Gasteiger partial charge on any atom is -0.393 e. The second kappa shape index (κ2) is 3.95. The van der Waals surface area contributed by atoms with E-state index in [0.29, 0.717) is 0 Å². The molecule has 3 rings (SSSR count). The molecule has 4 N–H and O–H groups in total. The molecule has 1 saturated carbocycles. The largest absolute Gasteiger partial charge is 0.393 e. The Labute approximate surface area is 113 Å². The average Bonchev–Trinajstić information content (AvgIpc) is 2.81. The summed E-state index contributed by atoms with van der Waals surface area (Å²) in [5.41, 5.74) is 4.40. The van der Waals surface area contributed by atoms with Gasteiger partial charge in [-0.05, 0) is 12.2 Å². The van der Waals surface area contributed by atoms with Crippen molar-refractivity contribution in [2.75, 3.05) is 12.3 Å². The summed E-state index contributed by atoms with van der Waals surface area (Å²) in [6, 6.07) is 0. The van der Waals surface area contributed by atoms with E-state index in [2.05, 4.69) is 4.98 Å². The molecular formula is C11H14FN3O3S. The number of anilines is 1. The quantitative estimate of drug-likeness (QED) is 0.674. The van der Waals surface area contributed by atoms with Gasteiger partial charge in [0.15, 0.2) is 11.6 Å². The number of nitrogens with zero attached hydrogens (tertiary/aromatic N) is 2. The van der Waals surface area contributed by atoms with Gasteiger partial charge in [-0.1, -0.05) is 6.92 Å². The van der Waals surface area contributed by atoms with Crippen LogP contribution in [0.4, 0.5) is 10.2 Å². The van der Waals surface area contributed by atoms with Crippen molar-refractivity contribution >= 4 is 18.0 Å². The van der Waals surface area contributed by atoms with Gasteiger partial charge in [0, 0.05) is 18.0 Å². The summed E-state index contributed by atoms with van der Waals surface area (Å²) in [7, 11) is 0. The summed E-state index contributed by atoms with van der Waals surface area (Å²) in [6.45, 7) is 1.58. The van der Waals surface area contributed by atoms with E-state index in [-0.39, 0.29) is 29.0 Å². The van der Waals surface area contributed by atoms with Crippen LogP contribution in [0.5, 0.6) is 0 Å². The van der Waals surface area contributed by atoms with Gasteiger partial charge in [-0.3, -0.25) is 4.57 Å². The summed E-state index contributed by atoms with van der Waals surface area (Å²) in [5.74, 6) is -1.22. The maximum atomic E-state index is 13.5. The summed E-state index contributed by atoms with van der Waals surface area (Å²) in [5, 5.41) is 19.1. The van der Waals surface area contributed by atoms with Crippen LogP contribution in [0.25, 0.3) is 0 Å². The fourth-order valence-corrected chi connectivity index (χ4v) is 3.26.